The van der Waals surface area contributed by atoms with Gasteiger partial charge in [0.05, 0.1) is 6.54 Å². The van der Waals surface area contributed by atoms with Gasteiger partial charge in [0.2, 0.25) is 0 Å². The molecule has 0 bridgehead atoms. The Morgan fingerprint density at radius 1 is 1.42 bits per heavy atom. The standard InChI is InChI=1S/C19H28ClN3O/c1-15-4-3-9-23(13-15)18(21)22-14-19(7-10-24-11-8-19)16-5-2-6-17(20)12-16/h2,5-6,12,15H,3-4,7-11,13-14H2,1H3,(H2,21,22). The average Bonchev–Trinajstić information content (AvgIpc) is 2.60. The van der Waals surface area contributed by atoms with E-state index in [2.05, 4.69) is 24.0 Å². The largest absolute Gasteiger partial charge is 0.381 e. The summed E-state index contributed by atoms with van der Waals surface area (Å²) in [5.74, 6) is 1.38. The number of guanidine groups is 1. The number of nitrogens with two attached hydrogens (primary N) is 1. The molecule has 0 amide bonds. The summed E-state index contributed by atoms with van der Waals surface area (Å²) >= 11 is 6.23. The van der Waals surface area contributed by atoms with E-state index in [9.17, 15) is 0 Å². The first-order valence-electron chi connectivity index (χ1n) is 8.98. The number of hydrogen-bond acceptors (Lipinski definition) is 2. The topological polar surface area (TPSA) is 50.8 Å². The van der Waals surface area contributed by atoms with Gasteiger partial charge in [-0.25, -0.2) is 0 Å². The molecule has 2 aliphatic heterocycles. The fourth-order valence-electron chi connectivity index (χ4n) is 3.85. The van der Waals surface area contributed by atoms with Gasteiger partial charge >= 0.3 is 0 Å². The van der Waals surface area contributed by atoms with E-state index in [-0.39, 0.29) is 5.41 Å². The highest BCUT2D eigenvalue weighted by molar-refractivity contribution is 6.30. The van der Waals surface area contributed by atoms with Crippen molar-refractivity contribution in [1.82, 2.24) is 4.90 Å². The summed E-state index contributed by atoms with van der Waals surface area (Å²) in [4.78, 5) is 7.04. The van der Waals surface area contributed by atoms with E-state index in [1.807, 2.05) is 12.1 Å². The Labute approximate surface area is 150 Å². The van der Waals surface area contributed by atoms with Gasteiger partial charge in [0.15, 0.2) is 5.96 Å². The van der Waals surface area contributed by atoms with E-state index >= 15 is 0 Å². The van der Waals surface area contributed by atoms with Gasteiger partial charge in [0, 0.05) is 36.7 Å². The Morgan fingerprint density at radius 2 is 2.21 bits per heavy atom. The Morgan fingerprint density at radius 3 is 2.92 bits per heavy atom. The molecule has 0 radical (unpaired) electrons. The Balaban J connectivity index is 1.78. The Kier molecular flexibility index (Phi) is 5.67. The van der Waals surface area contributed by atoms with Crippen LogP contribution >= 0.6 is 11.6 Å². The van der Waals surface area contributed by atoms with Crippen LogP contribution in [0.15, 0.2) is 29.3 Å². The quantitative estimate of drug-likeness (QED) is 0.671. The summed E-state index contributed by atoms with van der Waals surface area (Å²) in [6.07, 6.45) is 4.40. The normalized spacial score (nSPS) is 24.8. The Bertz CT molecular complexity index is 584. The fourth-order valence-corrected chi connectivity index (χ4v) is 4.04. The molecule has 2 heterocycles. The summed E-state index contributed by atoms with van der Waals surface area (Å²) in [5, 5.41) is 0.778. The maximum atomic E-state index is 6.31. The highest BCUT2D eigenvalue weighted by atomic mass is 35.5. The minimum atomic E-state index is -0.0187. The van der Waals surface area contributed by atoms with Crippen molar-refractivity contribution in [3.63, 3.8) is 0 Å². The molecular weight excluding hydrogens is 322 g/mol. The van der Waals surface area contributed by atoms with Crippen LogP contribution in [0.3, 0.4) is 0 Å². The number of halogens is 1. The van der Waals surface area contributed by atoms with Crippen molar-refractivity contribution >= 4 is 17.6 Å². The third-order valence-corrected chi connectivity index (χ3v) is 5.65. The molecule has 1 aromatic carbocycles. The average molecular weight is 350 g/mol. The van der Waals surface area contributed by atoms with Crippen LogP contribution < -0.4 is 5.73 Å². The third-order valence-electron chi connectivity index (χ3n) is 5.41. The molecule has 0 aromatic heterocycles. The molecule has 1 aromatic rings. The predicted octanol–water partition coefficient (Wildman–Crippen LogP) is 3.43. The summed E-state index contributed by atoms with van der Waals surface area (Å²) in [6.45, 7) is 6.56. The highest BCUT2D eigenvalue weighted by Gasteiger charge is 2.35. The third kappa shape index (κ3) is 4.04. The summed E-state index contributed by atoms with van der Waals surface area (Å²) in [5.41, 5.74) is 7.55. The predicted molar refractivity (Wildman–Crippen MR) is 99.6 cm³/mol. The molecule has 132 valence electrons. The zero-order chi connectivity index (χ0) is 17.0. The maximum absolute atomic E-state index is 6.31. The lowest BCUT2D eigenvalue weighted by atomic mass is 9.74. The van der Waals surface area contributed by atoms with E-state index in [1.54, 1.807) is 0 Å². The molecule has 0 spiro atoms. The molecule has 1 atom stereocenters. The van der Waals surface area contributed by atoms with E-state index in [1.165, 1.54) is 18.4 Å². The minimum Gasteiger partial charge on any atom is -0.381 e. The number of piperidine rings is 1. The zero-order valence-corrected chi connectivity index (χ0v) is 15.3. The number of hydrogen-bond donors (Lipinski definition) is 1. The van der Waals surface area contributed by atoms with Crippen LogP contribution in [-0.4, -0.2) is 43.7 Å². The van der Waals surface area contributed by atoms with Crippen molar-refractivity contribution in [2.75, 3.05) is 32.8 Å². The lowest BCUT2D eigenvalue weighted by Crippen LogP contribution is -2.45. The zero-order valence-electron chi connectivity index (χ0n) is 14.5. The van der Waals surface area contributed by atoms with Gasteiger partial charge < -0.3 is 15.4 Å². The van der Waals surface area contributed by atoms with E-state index in [0.717, 1.165) is 44.2 Å². The number of ether oxygens (including phenoxy) is 1. The lowest BCUT2D eigenvalue weighted by molar-refractivity contribution is 0.0530. The van der Waals surface area contributed by atoms with Crippen molar-refractivity contribution in [1.29, 1.82) is 0 Å². The molecule has 4 nitrogen and oxygen atoms in total. The van der Waals surface area contributed by atoms with Gasteiger partial charge in [-0.3, -0.25) is 4.99 Å². The number of benzene rings is 1. The van der Waals surface area contributed by atoms with Gasteiger partial charge in [-0.1, -0.05) is 30.7 Å². The smallest absolute Gasteiger partial charge is 0.191 e. The molecule has 1 unspecified atom stereocenters. The van der Waals surface area contributed by atoms with Crippen molar-refractivity contribution in [3.8, 4) is 0 Å². The second-order valence-corrected chi connectivity index (χ2v) is 7.71. The first-order chi connectivity index (χ1) is 11.6. The summed E-state index contributed by atoms with van der Waals surface area (Å²) < 4.78 is 5.59. The monoisotopic (exact) mass is 349 g/mol. The van der Waals surface area contributed by atoms with Crippen LogP contribution in [0.2, 0.25) is 5.02 Å². The fraction of sp³-hybridized carbons (Fsp3) is 0.632. The minimum absolute atomic E-state index is 0.0187. The number of likely N-dealkylation sites (tertiary alicyclic amines) is 1. The first kappa shape index (κ1) is 17.6. The van der Waals surface area contributed by atoms with Gasteiger partial charge in [-0.15, -0.1) is 0 Å². The number of aliphatic imine (C=N–C) groups is 1. The number of rotatable bonds is 3. The SMILES string of the molecule is CC1CCCN(C(N)=NCC2(c3cccc(Cl)c3)CCOCC2)C1. The molecule has 0 saturated carbocycles. The molecule has 2 fully saturated rings. The van der Waals surface area contributed by atoms with Gasteiger partial charge in [-0.2, -0.15) is 0 Å². The lowest BCUT2D eigenvalue weighted by Gasteiger charge is -2.37. The van der Waals surface area contributed by atoms with Crippen LogP contribution in [0.5, 0.6) is 0 Å². The molecule has 0 aliphatic carbocycles. The summed E-state index contributed by atoms with van der Waals surface area (Å²) in [6, 6.07) is 8.17. The van der Waals surface area contributed by atoms with Crippen LogP contribution in [-0.2, 0) is 10.2 Å². The molecule has 2 aliphatic rings. The molecule has 2 saturated heterocycles. The van der Waals surface area contributed by atoms with E-state index in [0.29, 0.717) is 18.4 Å². The van der Waals surface area contributed by atoms with Crippen molar-refractivity contribution < 1.29 is 4.74 Å². The second kappa shape index (κ2) is 7.75. The van der Waals surface area contributed by atoms with Crippen molar-refractivity contribution in [2.45, 2.75) is 38.0 Å². The molecule has 2 N–H and O–H groups in total. The van der Waals surface area contributed by atoms with Crippen molar-refractivity contribution in [2.24, 2.45) is 16.6 Å². The first-order valence-corrected chi connectivity index (χ1v) is 9.35. The van der Waals surface area contributed by atoms with Crippen LogP contribution in [0.1, 0.15) is 38.2 Å². The maximum Gasteiger partial charge on any atom is 0.191 e. The molecule has 5 heteroatoms. The molecule has 24 heavy (non-hydrogen) atoms. The van der Waals surface area contributed by atoms with Gasteiger partial charge in [0.1, 0.15) is 0 Å². The molecular formula is C19H28ClN3O. The van der Waals surface area contributed by atoms with Crippen LogP contribution in [0.25, 0.3) is 0 Å². The van der Waals surface area contributed by atoms with Gasteiger partial charge in [0.25, 0.3) is 0 Å². The number of nitrogens with zero attached hydrogens (tertiary/aromatic N) is 2. The van der Waals surface area contributed by atoms with E-state index < -0.39 is 0 Å². The van der Waals surface area contributed by atoms with Crippen LogP contribution in [0, 0.1) is 5.92 Å². The Hall–Kier alpha value is -1.26. The van der Waals surface area contributed by atoms with Crippen molar-refractivity contribution in [3.05, 3.63) is 34.9 Å². The van der Waals surface area contributed by atoms with E-state index in [4.69, 9.17) is 27.1 Å². The second-order valence-electron chi connectivity index (χ2n) is 7.27. The highest BCUT2D eigenvalue weighted by Crippen LogP contribution is 2.36. The summed E-state index contributed by atoms with van der Waals surface area (Å²) in [7, 11) is 0. The van der Waals surface area contributed by atoms with Crippen LogP contribution in [0.4, 0.5) is 0 Å². The van der Waals surface area contributed by atoms with Gasteiger partial charge in [-0.05, 0) is 49.3 Å². The molecule has 3 rings (SSSR count).